The summed E-state index contributed by atoms with van der Waals surface area (Å²) in [4.78, 5) is 0. The fraction of sp³-hybridized carbons (Fsp3) is 0.943. The number of allylic oxidation sites excluding steroid dienone is 1. The molecule has 0 spiro atoms. The highest BCUT2D eigenvalue weighted by atomic mass is 14.4. The van der Waals surface area contributed by atoms with Gasteiger partial charge in [-0.1, -0.05) is 127 Å². The third kappa shape index (κ3) is 14.3. The summed E-state index contributed by atoms with van der Waals surface area (Å²) >= 11 is 0. The van der Waals surface area contributed by atoms with Gasteiger partial charge in [0.25, 0.3) is 0 Å². The first kappa shape index (κ1) is 34.7. The van der Waals surface area contributed by atoms with Gasteiger partial charge in [-0.25, -0.2) is 0 Å². The van der Waals surface area contributed by atoms with Crippen LogP contribution in [0.5, 0.6) is 0 Å². The zero-order chi connectivity index (χ0) is 27.3. The average molecular weight is 491 g/mol. The molecule has 0 N–H and O–H groups in total. The van der Waals surface area contributed by atoms with Crippen molar-refractivity contribution in [2.45, 2.75) is 148 Å². The Morgan fingerprint density at radius 3 is 1.60 bits per heavy atom. The highest BCUT2D eigenvalue weighted by molar-refractivity contribution is 4.90. The number of hydrogen-bond donors (Lipinski definition) is 0. The van der Waals surface area contributed by atoms with Crippen LogP contribution in [0.3, 0.4) is 0 Å². The molecular weight excluding hydrogens is 420 g/mol. The van der Waals surface area contributed by atoms with Crippen LogP contribution in [0.2, 0.25) is 0 Å². The first-order chi connectivity index (χ1) is 16.2. The second-order valence-corrected chi connectivity index (χ2v) is 14.2. The average Bonchev–Trinajstić information content (AvgIpc) is 2.79. The van der Waals surface area contributed by atoms with Gasteiger partial charge in [0.15, 0.2) is 0 Å². The Labute approximate surface area is 224 Å². The van der Waals surface area contributed by atoms with Crippen LogP contribution in [-0.4, -0.2) is 0 Å². The van der Waals surface area contributed by atoms with Crippen molar-refractivity contribution in [3.05, 3.63) is 12.2 Å². The molecule has 0 fully saturated rings. The van der Waals surface area contributed by atoms with E-state index >= 15 is 0 Å². The topological polar surface area (TPSA) is 0 Å². The Bertz CT molecular complexity index is 530. The van der Waals surface area contributed by atoms with Gasteiger partial charge in [-0.3, -0.25) is 0 Å². The zero-order valence-corrected chi connectivity index (χ0v) is 26.9. The largest absolute Gasteiger partial charge is 0.100 e. The molecule has 0 aliphatic rings. The van der Waals surface area contributed by atoms with Crippen molar-refractivity contribution in [1.82, 2.24) is 0 Å². The maximum atomic E-state index is 4.20. The molecule has 0 heterocycles. The fourth-order valence-corrected chi connectivity index (χ4v) is 6.53. The molecule has 0 aromatic heterocycles. The van der Waals surface area contributed by atoms with E-state index in [1.165, 1.54) is 63.4 Å². The predicted molar refractivity (Wildman–Crippen MR) is 163 cm³/mol. The van der Waals surface area contributed by atoms with Crippen molar-refractivity contribution in [2.75, 3.05) is 0 Å². The first-order valence-electron chi connectivity index (χ1n) is 15.8. The van der Waals surface area contributed by atoms with Gasteiger partial charge in [0, 0.05) is 0 Å². The van der Waals surface area contributed by atoms with Gasteiger partial charge >= 0.3 is 0 Å². The lowest BCUT2D eigenvalue weighted by Crippen LogP contribution is -2.31. The van der Waals surface area contributed by atoms with Gasteiger partial charge in [0.05, 0.1) is 0 Å². The van der Waals surface area contributed by atoms with Crippen LogP contribution in [0.15, 0.2) is 12.2 Å². The van der Waals surface area contributed by atoms with Crippen molar-refractivity contribution in [3.63, 3.8) is 0 Å². The minimum Gasteiger partial charge on any atom is -0.100 e. The van der Waals surface area contributed by atoms with Crippen molar-refractivity contribution in [3.8, 4) is 0 Å². The summed E-state index contributed by atoms with van der Waals surface area (Å²) in [7, 11) is 0. The quantitative estimate of drug-likeness (QED) is 0.149. The second-order valence-electron chi connectivity index (χ2n) is 14.2. The molecule has 0 bridgehead atoms. The molecular formula is C35H70. The Balaban J connectivity index is 4.47. The van der Waals surface area contributed by atoms with E-state index in [0.717, 1.165) is 65.1 Å². The molecule has 35 heavy (non-hydrogen) atoms. The van der Waals surface area contributed by atoms with E-state index in [1.54, 1.807) is 0 Å². The van der Waals surface area contributed by atoms with Gasteiger partial charge in [0.2, 0.25) is 0 Å². The first-order valence-corrected chi connectivity index (χ1v) is 15.8. The van der Waals surface area contributed by atoms with Gasteiger partial charge in [-0.15, -0.1) is 6.58 Å². The lowest BCUT2D eigenvalue weighted by atomic mass is 9.68. The van der Waals surface area contributed by atoms with Crippen molar-refractivity contribution in [1.29, 1.82) is 0 Å². The predicted octanol–water partition coefficient (Wildman–Crippen LogP) is 12.1. The molecule has 0 radical (unpaired) electrons. The van der Waals surface area contributed by atoms with Gasteiger partial charge < -0.3 is 0 Å². The summed E-state index contributed by atoms with van der Waals surface area (Å²) in [5.74, 6) is 9.06. The van der Waals surface area contributed by atoms with Crippen LogP contribution < -0.4 is 0 Å². The van der Waals surface area contributed by atoms with Crippen molar-refractivity contribution < 1.29 is 0 Å². The minimum absolute atomic E-state index is 0.784. The molecule has 0 saturated carbocycles. The molecule has 0 aromatic carbocycles. The lowest BCUT2D eigenvalue weighted by molar-refractivity contribution is 0.114. The molecule has 0 saturated heterocycles. The van der Waals surface area contributed by atoms with Crippen LogP contribution in [0.1, 0.15) is 148 Å². The van der Waals surface area contributed by atoms with Crippen molar-refractivity contribution >= 4 is 0 Å². The molecule has 0 rings (SSSR count). The number of rotatable bonds is 20. The molecule has 10 unspecified atom stereocenters. The molecule has 0 aromatic rings. The van der Waals surface area contributed by atoms with Gasteiger partial charge in [0.1, 0.15) is 0 Å². The molecule has 0 nitrogen and oxygen atoms in total. The Morgan fingerprint density at radius 1 is 0.571 bits per heavy atom. The SMILES string of the molecule is C=C(C)CC(CCCC(C)CCC(C)CC(C)C(C)C(C)C(C)C(C)C(C)C(C)C)CC(C)CC. The van der Waals surface area contributed by atoms with Crippen LogP contribution in [0, 0.1) is 65.1 Å². The summed E-state index contributed by atoms with van der Waals surface area (Å²) in [5, 5.41) is 0. The van der Waals surface area contributed by atoms with E-state index in [4.69, 9.17) is 0 Å². The highest BCUT2D eigenvalue weighted by Crippen LogP contribution is 2.38. The highest BCUT2D eigenvalue weighted by Gasteiger charge is 2.30. The molecule has 0 heteroatoms. The Hall–Kier alpha value is -0.260. The van der Waals surface area contributed by atoms with Crippen LogP contribution in [-0.2, 0) is 0 Å². The lowest BCUT2D eigenvalue weighted by Gasteiger charge is -2.38. The molecule has 10 atom stereocenters. The van der Waals surface area contributed by atoms with Crippen LogP contribution in [0.25, 0.3) is 0 Å². The summed E-state index contributed by atoms with van der Waals surface area (Å²) < 4.78 is 0. The van der Waals surface area contributed by atoms with Crippen molar-refractivity contribution in [2.24, 2.45) is 65.1 Å². The molecule has 210 valence electrons. The maximum absolute atomic E-state index is 4.20. The van der Waals surface area contributed by atoms with E-state index in [2.05, 4.69) is 96.6 Å². The summed E-state index contributed by atoms with van der Waals surface area (Å²) in [6.45, 7) is 36.0. The standard InChI is InChI=1S/C35H70/c1-15-26(6)23-35(21-24(2)3)18-16-17-27(7)19-20-28(8)22-29(9)31(11)33(13)34(14)32(12)30(10)25(4)5/h25-35H,2,15-23H2,1,3-14H3. The molecule has 0 aliphatic carbocycles. The fourth-order valence-electron chi connectivity index (χ4n) is 6.53. The third-order valence-corrected chi connectivity index (χ3v) is 10.6. The minimum atomic E-state index is 0.784. The number of hydrogen-bond acceptors (Lipinski definition) is 0. The normalized spacial score (nSPS) is 21.0. The third-order valence-electron chi connectivity index (χ3n) is 10.6. The Kier molecular flexibility index (Phi) is 17.9. The van der Waals surface area contributed by atoms with E-state index in [1.807, 2.05) is 0 Å². The van der Waals surface area contributed by atoms with E-state index < -0.39 is 0 Å². The second kappa shape index (κ2) is 18.1. The van der Waals surface area contributed by atoms with E-state index in [-0.39, 0.29) is 0 Å². The summed E-state index contributed by atoms with van der Waals surface area (Å²) in [6, 6.07) is 0. The monoisotopic (exact) mass is 491 g/mol. The Morgan fingerprint density at radius 2 is 1.09 bits per heavy atom. The van der Waals surface area contributed by atoms with E-state index in [0.29, 0.717) is 0 Å². The smallest absolute Gasteiger partial charge is 0.0297 e. The zero-order valence-electron chi connectivity index (χ0n) is 26.9. The van der Waals surface area contributed by atoms with Crippen LogP contribution >= 0.6 is 0 Å². The van der Waals surface area contributed by atoms with Crippen LogP contribution in [0.4, 0.5) is 0 Å². The molecule has 0 aliphatic heterocycles. The van der Waals surface area contributed by atoms with E-state index in [9.17, 15) is 0 Å². The summed E-state index contributed by atoms with van der Waals surface area (Å²) in [6.07, 6.45) is 12.4. The maximum Gasteiger partial charge on any atom is -0.0297 e. The molecule has 0 amide bonds. The van der Waals surface area contributed by atoms with Gasteiger partial charge in [-0.05, 0) is 91.3 Å². The van der Waals surface area contributed by atoms with Gasteiger partial charge in [-0.2, -0.15) is 0 Å². The summed E-state index contributed by atoms with van der Waals surface area (Å²) in [5.41, 5.74) is 1.37.